The van der Waals surface area contributed by atoms with Crippen molar-refractivity contribution in [3.63, 3.8) is 0 Å². The zero-order chi connectivity index (χ0) is 18.3. The molecule has 0 radical (unpaired) electrons. The first kappa shape index (κ1) is 16.9. The van der Waals surface area contributed by atoms with Crippen LogP contribution in [-0.2, 0) is 7.05 Å². The van der Waals surface area contributed by atoms with Crippen LogP contribution < -0.4 is 0 Å². The molecule has 130 valence electrons. The Labute approximate surface area is 158 Å². The van der Waals surface area contributed by atoms with E-state index in [2.05, 4.69) is 28.8 Å². The van der Waals surface area contributed by atoms with Crippen molar-refractivity contribution in [3.05, 3.63) is 83.5 Å². The zero-order valence-electron chi connectivity index (χ0n) is 14.8. The van der Waals surface area contributed by atoms with Crippen molar-refractivity contribution in [1.29, 1.82) is 0 Å². The Balaban J connectivity index is 2.20. The van der Waals surface area contributed by atoms with Crippen LogP contribution in [0.25, 0.3) is 33.2 Å². The Morgan fingerprint density at radius 2 is 1.35 bits per heavy atom. The van der Waals surface area contributed by atoms with Crippen molar-refractivity contribution < 1.29 is 5.11 Å². The molecule has 0 amide bonds. The van der Waals surface area contributed by atoms with Gasteiger partial charge in [0.1, 0.15) is 0 Å². The van der Waals surface area contributed by atoms with Crippen molar-refractivity contribution in [2.24, 2.45) is 7.05 Å². The van der Waals surface area contributed by atoms with Gasteiger partial charge in [-0.1, -0.05) is 72.3 Å². The maximum absolute atomic E-state index is 10.5. The number of aliphatic hydroxyl groups excluding tert-OH is 1. The monoisotopic (exact) mass is 361 g/mol. The molecule has 3 heteroatoms. The first-order chi connectivity index (χ1) is 12.6. The first-order valence-electron chi connectivity index (χ1n) is 8.69. The highest BCUT2D eigenvalue weighted by atomic mass is 35.5. The van der Waals surface area contributed by atoms with Gasteiger partial charge in [-0.25, -0.2) is 0 Å². The summed E-state index contributed by atoms with van der Waals surface area (Å²) in [5.41, 5.74) is 6.15. The molecule has 0 bridgehead atoms. The molecule has 1 unspecified atom stereocenters. The molecule has 2 nitrogen and oxygen atoms in total. The standard InChI is InChI=1S/C23H20ClNO/c1-15(26)23-21(17-11-7-4-8-12-17)22-19(25(23)2)14-13-18(24)20(22)16-9-5-3-6-10-16/h3-15,26H,1-2H3. The molecule has 0 fully saturated rings. The highest BCUT2D eigenvalue weighted by Gasteiger charge is 2.23. The summed E-state index contributed by atoms with van der Waals surface area (Å²) in [6, 6.07) is 24.4. The first-order valence-corrected chi connectivity index (χ1v) is 9.07. The smallest absolute Gasteiger partial charge is 0.0918 e. The minimum Gasteiger partial charge on any atom is -0.387 e. The van der Waals surface area contributed by atoms with E-state index < -0.39 is 6.10 Å². The van der Waals surface area contributed by atoms with Crippen LogP contribution in [0.2, 0.25) is 5.02 Å². The summed E-state index contributed by atoms with van der Waals surface area (Å²) in [5, 5.41) is 12.3. The van der Waals surface area contributed by atoms with Gasteiger partial charge in [-0.3, -0.25) is 0 Å². The molecule has 3 aromatic carbocycles. The van der Waals surface area contributed by atoms with Crippen LogP contribution >= 0.6 is 11.6 Å². The molecule has 4 aromatic rings. The van der Waals surface area contributed by atoms with Crippen molar-refractivity contribution in [1.82, 2.24) is 4.57 Å². The SMILES string of the molecule is CC(O)c1c(-c2ccccc2)c2c(-c3ccccc3)c(Cl)ccc2n1C. The highest BCUT2D eigenvalue weighted by Crippen LogP contribution is 2.45. The van der Waals surface area contributed by atoms with Gasteiger partial charge >= 0.3 is 0 Å². The molecular formula is C23H20ClNO. The minimum absolute atomic E-state index is 0.593. The van der Waals surface area contributed by atoms with E-state index in [1.165, 1.54) is 0 Å². The molecule has 4 rings (SSSR count). The van der Waals surface area contributed by atoms with Crippen LogP contribution in [0.15, 0.2) is 72.8 Å². The fraction of sp³-hybridized carbons (Fsp3) is 0.130. The lowest BCUT2D eigenvalue weighted by Gasteiger charge is -2.12. The second-order valence-corrected chi connectivity index (χ2v) is 6.95. The van der Waals surface area contributed by atoms with E-state index in [1.807, 2.05) is 62.5 Å². The lowest BCUT2D eigenvalue weighted by atomic mass is 9.94. The van der Waals surface area contributed by atoms with E-state index in [4.69, 9.17) is 11.6 Å². The zero-order valence-corrected chi connectivity index (χ0v) is 15.5. The van der Waals surface area contributed by atoms with E-state index in [0.29, 0.717) is 5.02 Å². The van der Waals surface area contributed by atoms with E-state index >= 15 is 0 Å². The summed E-state index contributed by atoms with van der Waals surface area (Å²) in [5.74, 6) is 0. The average molecular weight is 362 g/mol. The number of rotatable bonds is 3. The molecule has 0 aliphatic rings. The molecule has 1 heterocycles. The van der Waals surface area contributed by atoms with Gasteiger partial charge < -0.3 is 9.67 Å². The number of halogens is 1. The summed E-state index contributed by atoms with van der Waals surface area (Å²) in [6.45, 7) is 1.81. The van der Waals surface area contributed by atoms with Crippen molar-refractivity contribution >= 4 is 22.5 Å². The van der Waals surface area contributed by atoms with Gasteiger partial charge in [-0.15, -0.1) is 0 Å². The number of hydrogen-bond acceptors (Lipinski definition) is 1. The third kappa shape index (κ3) is 2.63. The molecule has 0 spiro atoms. The fourth-order valence-electron chi connectivity index (χ4n) is 3.80. The van der Waals surface area contributed by atoms with Gasteiger partial charge in [0, 0.05) is 34.1 Å². The molecule has 0 aliphatic carbocycles. The molecule has 1 aromatic heterocycles. The lowest BCUT2D eigenvalue weighted by Crippen LogP contribution is -2.01. The second kappa shape index (κ2) is 6.64. The third-order valence-electron chi connectivity index (χ3n) is 4.88. The van der Waals surface area contributed by atoms with Gasteiger partial charge in [0.05, 0.1) is 11.8 Å². The van der Waals surface area contributed by atoms with Crippen LogP contribution in [0.4, 0.5) is 0 Å². The van der Waals surface area contributed by atoms with E-state index in [9.17, 15) is 5.11 Å². The number of benzene rings is 3. The van der Waals surface area contributed by atoms with Crippen molar-refractivity contribution in [3.8, 4) is 22.3 Å². The van der Waals surface area contributed by atoms with Gasteiger partial charge in [0.15, 0.2) is 0 Å². The van der Waals surface area contributed by atoms with Crippen molar-refractivity contribution in [2.45, 2.75) is 13.0 Å². The molecule has 1 atom stereocenters. The van der Waals surface area contributed by atoms with Crippen LogP contribution in [-0.4, -0.2) is 9.67 Å². The third-order valence-corrected chi connectivity index (χ3v) is 5.20. The maximum atomic E-state index is 10.5. The summed E-state index contributed by atoms with van der Waals surface area (Å²) in [6.07, 6.45) is -0.593. The summed E-state index contributed by atoms with van der Waals surface area (Å²) in [4.78, 5) is 0. The Kier molecular flexibility index (Phi) is 4.31. The van der Waals surface area contributed by atoms with E-state index in [-0.39, 0.29) is 0 Å². The van der Waals surface area contributed by atoms with E-state index in [0.717, 1.165) is 38.9 Å². The topological polar surface area (TPSA) is 25.2 Å². The molecular weight excluding hydrogens is 342 g/mol. The highest BCUT2D eigenvalue weighted by molar-refractivity contribution is 6.35. The minimum atomic E-state index is -0.593. The van der Waals surface area contributed by atoms with Crippen LogP contribution in [0.1, 0.15) is 18.7 Å². The average Bonchev–Trinajstić information content (AvgIpc) is 2.96. The largest absolute Gasteiger partial charge is 0.387 e. The second-order valence-electron chi connectivity index (χ2n) is 6.54. The maximum Gasteiger partial charge on any atom is 0.0918 e. The fourth-order valence-corrected chi connectivity index (χ4v) is 4.06. The molecule has 0 saturated heterocycles. The van der Waals surface area contributed by atoms with Gasteiger partial charge in [0.25, 0.3) is 0 Å². The number of aromatic nitrogens is 1. The van der Waals surface area contributed by atoms with Crippen LogP contribution in [0.5, 0.6) is 0 Å². The number of hydrogen-bond donors (Lipinski definition) is 1. The van der Waals surface area contributed by atoms with Gasteiger partial charge in [-0.05, 0) is 30.2 Å². The predicted octanol–water partition coefficient (Wildman–Crippen LogP) is 6.22. The van der Waals surface area contributed by atoms with Crippen LogP contribution in [0, 0.1) is 0 Å². The lowest BCUT2D eigenvalue weighted by molar-refractivity contribution is 0.192. The van der Waals surface area contributed by atoms with E-state index in [1.54, 1.807) is 0 Å². The number of aryl methyl sites for hydroxylation is 1. The number of aliphatic hydroxyl groups is 1. The number of fused-ring (bicyclic) bond motifs is 1. The molecule has 1 N–H and O–H groups in total. The Hall–Kier alpha value is -2.55. The van der Waals surface area contributed by atoms with Gasteiger partial charge in [-0.2, -0.15) is 0 Å². The Morgan fingerprint density at radius 3 is 1.88 bits per heavy atom. The Bertz CT molecular complexity index is 1070. The van der Waals surface area contributed by atoms with Crippen LogP contribution in [0.3, 0.4) is 0 Å². The summed E-state index contributed by atoms with van der Waals surface area (Å²) >= 11 is 6.67. The summed E-state index contributed by atoms with van der Waals surface area (Å²) < 4.78 is 2.07. The molecule has 0 aliphatic heterocycles. The summed E-state index contributed by atoms with van der Waals surface area (Å²) in [7, 11) is 2.00. The van der Waals surface area contributed by atoms with Crippen molar-refractivity contribution in [2.75, 3.05) is 0 Å². The number of nitrogens with zero attached hydrogens (tertiary/aromatic N) is 1. The predicted molar refractivity (Wildman–Crippen MR) is 109 cm³/mol. The Morgan fingerprint density at radius 1 is 0.808 bits per heavy atom. The molecule has 26 heavy (non-hydrogen) atoms. The van der Waals surface area contributed by atoms with Gasteiger partial charge in [0.2, 0.25) is 0 Å². The quantitative estimate of drug-likeness (QED) is 0.460. The normalized spacial score (nSPS) is 12.5. The molecule has 0 saturated carbocycles.